The predicted octanol–water partition coefficient (Wildman–Crippen LogP) is 4.20. The molecular weight excluding hydrogens is 302 g/mol. The van der Waals surface area contributed by atoms with Crippen LogP contribution in [0.2, 0.25) is 0 Å². The van der Waals surface area contributed by atoms with Crippen molar-refractivity contribution in [2.45, 2.75) is 57.1 Å². The molecule has 0 bridgehead atoms. The van der Waals surface area contributed by atoms with E-state index in [-0.39, 0.29) is 11.5 Å². The van der Waals surface area contributed by atoms with E-state index >= 15 is 0 Å². The van der Waals surface area contributed by atoms with Crippen LogP contribution in [0.15, 0.2) is 23.3 Å². The Morgan fingerprint density at radius 2 is 2.21 bits per heavy atom. The molecule has 24 heavy (non-hydrogen) atoms. The number of benzene rings is 1. The zero-order valence-electron chi connectivity index (χ0n) is 14.4. The summed E-state index contributed by atoms with van der Waals surface area (Å²) < 4.78 is 5.38. The van der Waals surface area contributed by atoms with Crippen molar-refractivity contribution in [3.63, 3.8) is 0 Å². The molecule has 0 heterocycles. The van der Waals surface area contributed by atoms with E-state index in [2.05, 4.69) is 35.1 Å². The molecule has 6 atom stereocenters. The molecule has 1 N–H and O–H groups in total. The Labute approximate surface area is 142 Å². The van der Waals surface area contributed by atoms with Crippen molar-refractivity contribution in [3.05, 3.63) is 39.8 Å². The molecule has 0 radical (unpaired) electrons. The van der Waals surface area contributed by atoms with E-state index in [4.69, 9.17) is 10.3 Å². The molecule has 0 saturated heterocycles. The third-order valence-electron chi connectivity index (χ3n) is 7.11. The molecule has 0 aliphatic heterocycles. The van der Waals surface area contributed by atoms with Gasteiger partial charge >= 0.3 is 0 Å². The lowest BCUT2D eigenvalue weighted by Gasteiger charge is -2.50. The Morgan fingerprint density at radius 3 is 2.96 bits per heavy atom. The van der Waals surface area contributed by atoms with Crippen molar-refractivity contribution in [1.82, 2.24) is 0 Å². The molecule has 1 aromatic rings. The van der Waals surface area contributed by atoms with Crippen molar-refractivity contribution in [2.75, 3.05) is 7.11 Å². The highest BCUT2D eigenvalue weighted by atomic mass is 16.5. The molecule has 1 aromatic carbocycles. The normalized spacial score (nSPS) is 40.0. The smallest absolute Gasteiger partial charge is 0.119 e. The van der Waals surface area contributed by atoms with Gasteiger partial charge in [0.15, 0.2) is 0 Å². The van der Waals surface area contributed by atoms with E-state index in [1.165, 1.54) is 11.1 Å². The fourth-order valence-corrected chi connectivity index (χ4v) is 5.85. The van der Waals surface area contributed by atoms with Gasteiger partial charge in [-0.25, -0.2) is 0 Å². The number of hydrogen-bond acceptors (Lipinski definition) is 3. The lowest BCUT2D eigenvalue weighted by Crippen LogP contribution is -2.44. The second-order valence-corrected chi connectivity index (χ2v) is 7.98. The summed E-state index contributed by atoms with van der Waals surface area (Å²) in [5.74, 6) is 2.53. The molecule has 0 spiro atoms. The fraction of sp³-hybridized carbons (Fsp3) is 0.684. The van der Waals surface area contributed by atoms with Gasteiger partial charge in [-0.05, 0) is 84.1 Å². The maximum Gasteiger partial charge on any atom is 0.119 e. The molecule has 128 valence electrons. The summed E-state index contributed by atoms with van der Waals surface area (Å²) in [4.78, 5) is 2.97. The number of aliphatic hydroxyl groups excluding tert-OH is 1. The predicted molar refractivity (Wildman–Crippen MR) is 91.9 cm³/mol. The van der Waals surface area contributed by atoms with E-state index in [0.717, 1.165) is 37.9 Å². The SMILES string of the molecule is COc1ccc2c(c1)CCC1C2CC[C@@]2(C)C1CC(N=[N+]=[N-])[C@H]2O. The minimum absolute atomic E-state index is 0.107. The van der Waals surface area contributed by atoms with Crippen LogP contribution in [0.5, 0.6) is 5.75 Å². The summed E-state index contributed by atoms with van der Waals surface area (Å²) in [6.45, 7) is 2.20. The highest BCUT2D eigenvalue weighted by Gasteiger charge is 2.57. The molecule has 2 fully saturated rings. The minimum Gasteiger partial charge on any atom is -0.497 e. The van der Waals surface area contributed by atoms with Gasteiger partial charge in [0, 0.05) is 4.91 Å². The molecular formula is C19H25N3O2. The average molecular weight is 327 g/mol. The largest absolute Gasteiger partial charge is 0.497 e. The molecule has 3 aliphatic rings. The lowest BCUT2D eigenvalue weighted by atomic mass is 9.55. The second-order valence-electron chi connectivity index (χ2n) is 7.98. The molecule has 5 nitrogen and oxygen atoms in total. The summed E-state index contributed by atoms with van der Waals surface area (Å²) in [5.41, 5.74) is 11.6. The monoisotopic (exact) mass is 327 g/mol. The van der Waals surface area contributed by atoms with Crippen LogP contribution >= 0.6 is 0 Å². The molecule has 3 aliphatic carbocycles. The van der Waals surface area contributed by atoms with Crippen molar-refractivity contribution < 1.29 is 9.84 Å². The highest BCUT2D eigenvalue weighted by molar-refractivity contribution is 5.40. The van der Waals surface area contributed by atoms with Crippen LogP contribution in [0, 0.1) is 17.3 Å². The van der Waals surface area contributed by atoms with Gasteiger partial charge in [0.2, 0.25) is 0 Å². The van der Waals surface area contributed by atoms with Gasteiger partial charge in [0.05, 0.1) is 19.3 Å². The van der Waals surface area contributed by atoms with Crippen LogP contribution in [0.3, 0.4) is 0 Å². The molecule has 2 saturated carbocycles. The second kappa shape index (κ2) is 5.68. The first kappa shape index (κ1) is 15.8. The Hall–Kier alpha value is -1.71. The quantitative estimate of drug-likeness (QED) is 0.502. The van der Waals surface area contributed by atoms with Gasteiger partial charge in [-0.3, -0.25) is 0 Å². The molecule has 4 rings (SSSR count). The number of rotatable bonds is 2. The summed E-state index contributed by atoms with van der Waals surface area (Å²) in [6, 6.07) is 6.23. The van der Waals surface area contributed by atoms with E-state index in [1.807, 2.05) is 0 Å². The molecule has 5 heteroatoms. The zero-order valence-corrected chi connectivity index (χ0v) is 14.4. The first-order valence-electron chi connectivity index (χ1n) is 8.97. The standard InChI is InChI=1S/C19H25N3O2/c1-19-8-7-14-13-6-4-12(24-2)9-11(13)3-5-15(14)16(19)10-17(18(19)23)21-22-20/h4,6,9,14-18,23H,3,5,7-8,10H2,1-2H3/t14?,15?,16?,17?,18-,19+/m1/s1. The zero-order chi connectivity index (χ0) is 16.9. The number of hydrogen-bond donors (Lipinski definition) is 1. The highest BCUT2D eigenvalue weighted by Crippen LogP contribution is 2.61. The number of ether oxygens (including phenoxy) is 1. The average Bonchev–Trinajstić information content (AvgIpc) is 2.86. The molecule has 4 unspecified atom stereocenters. The molecule has 0 aromatic heterocycles. The van der Waals surface area contributed by atoms with Gasteiger partial charge in [0.1, 0.15) is 5.75 Å². The molecule has 0 amide bonds. The van der Waals surface area contributed by atoms with Crippen LogP contribution in [0.1, 0.15) is 49.7 Å². The third-order valence-corrected chi connectivity index (χ3v) is 7.11. The number of aliphatic hydroxyl groups is 1. The summed E-state index contributed by atoms with van der Waals surface area (Å²) in [5, 5.41) is 14.6. The van der Waals surface area contributed by atoms with Gasteiger partial charge in [0.25, 0.3) is 0 Å². The van der Waals surface area contributed by atoms with Crippen molar-refractivity contribution in [3.8, 4) is 5.75 Å². The first-order valence-corrected chi connectivity index (χ1v) is 8.97. The lowest BCUT2D eigenvalue weighted by molar-refractivity contribution is -0.0255. The third kappa shape index (κ3) is 2.15. The van der Waals surface area contributed by atoms with Crippen molar-refractivity contribution in [1.29, 1.82) is 0 Å². The number of fused-ring (bicyclic) bond motifs is 5. The fourth-order valence-electron chi connectivity index (χ4n) is 5.85. The van der Waals surface area contributed by atoms with Crippen LogP contribution in [-0.4, -0.2) is 24.4 Å². The Bertz CT molecular complexity index is 700. The van der Waals surface area contributed by atoms with E-state index in [1.54, 1.807) is 7.11 Å². The maximum absolute atomic E-state index is 10.7. The summed E-state index contributed by atoms with van der Waals surface area (Å²) in [7, 11) is 1.72. The summed E-state index contributed by atoms with van der Waals surface area (Å²) >= 11 is 0. The topological polar surface area (TPSA) is 78.2 Å². The minimum atomic E-state index is -0.503. The Kier molecular flexibility index (Phi) is 3.74. The Balaban J connectivity index is 1.67. The number of nitrogens with zero attached hydrogens (tertiary/aromatic N) is 3. The van der Waals surface area contributed by atoms with Crippen LogP contribution < -0.4 is 4.74 Å². The van der Waals surface area contributed by atoms with Crippen molar-refractivity contribution >= 4 is 0 Å². The van der Waals surface area contributed by atoms with E-state index in [9.17, 15) is 5.11 Å². The van der Waals surface area contributed by atoms with E-state index < -0.39 is 6.10 Å². The number of aryl methyl sites for hydroxylation is 1. The van der Waals surface area contributed by atoms with Gasteiger partial charge in [-0.15, -0.1) is 0 Å². The van der Waals surface area contributed by atoms with Crippen molar-refractivity contribution in [2.24, 2.45) is 22.4 Å². The van der Waals surface area contributed by atoms with Crippen LogP contribution in [-0.2, 0) is 6.42 Å². The van der Waals surface area contributed by atoms with Gasteiger partial charge in [-0.1, -0.05) is 18.1 Å². The van der Waals surface area contributed by atoms with Crippen LogP contribution in [0.4, 0.5) is 0 Å². The van der Waals surface area contributed by atoms with E-state index in [0.29, 0.717) is 17.8 Å². The maximum atomic E-state index is 10.7. The summed E-state index contributed by atoms with van der Waals surface area (Å²) in [6.07, 6.45) is 4.66. The van der Waals surface area contributed by atoms with Crippen LogP contribution in [0.25, 0.3) is 10.4 Å². The van der Waals surface area contributed by atoms with Gasteiger partial charge < -0.3 is 9.84 Å². The Morgan fingerprint density at radius 1 is 1.38 bits per heavy atom. The van der Waals surface area contributed by atoms with Gasteiger partial charge in [-0.2, -0.15) is 0 Å². The number of azide groups is 1. The first-order chi connectivity index (χ1) is 11.6. The number of methoxy groups -OCH3 is 1.